The average Bonchev–Trinajstić information content (AvgIpc) is 2.95. The number of fused-ring (bicyclic) bond motifs is 1. The lowest BCUT2D eigenvalue weighted by Gasteiger charge is -2.19. The molecule has 0 saturated heterocycles. The molecule has 1 aliphatic carbocycles. The average molecular weight is 255 g/mol. The summed E-state index contributed by atoms with van der Waals surface area (Å²) in [4.78, 5) is 4.37. The van der Waals surface area contributed by atoms with Crippen molar-refractivity contribution in [3.05, 3.63) is 42.1 Å². The third kappa shape index (κ3) is 2.50. The van der Waals surface area contributed by atoms with Gasteiger partial charge in [-0.3, -0.25) is 4.98 Å². The van der Waals surface area contributed by atoms with E-state index in [0.29, 0.717) is 5.92 Å². The van der Waals surface area contributed by atoms with Crippen LogP contribution in [0.15, 0.2) is 36.5 Å². The summed E-state index contributed by atoms with van der Waals surface area (Å²) in [6.07, 6.45) is 6.30. The Morgan fingerprint density at radius 3 is 3.00 bits per heavy atom. The van der Waals surface area contributed by atoms with Gasteiger partial charge in [-0.05, 0) is 42.4 Å². The van der Waals surface area contributed by atoms with E-state index in [1.54, 1.807) is 6.20 Å². The highest BCUT2D eigenvalue weighted by Crippen LogP contribution is 2.40. The van der Waals surface area contributed by atoms with Crippen molar-refractivity contribution >= 4 is 10.9 Å². The molecule has 0 amide bonds. The van der Waals surface area contributed by atoms with E-state index in [-0.39, 0.29) is 6.10 Å². The Hall–Kier alpha value is -1.41. The fraction of sp³-hybridized carbons (Fsp3) is 0.471. The highest BCUT2D eigenvalue weighted by Gasteiger charge is 2.29. The molecule has 1 aromatic heterocycles. The topological polar surface area (TPSA) is 33.1 Å². The van der Waals surface area contributed by atoms with Gasteiger partial charge in [-0.1, -0.05) is 38.0 Å². The molecule has 3 atom stereocenters. The predicted molar refractivity (Wildman–Crippen MR) is 77.8 cm³/mol. The van der Waals surface area contributed by atoms with Crippen molar-refractivity contribution in [2.24, 2.45) is 11.8 Å². The van der Waals surface area contributed by atoms with Gasteiger partial charge in [0, 0.05) is 11.6 Å². The zero-order valence-corrected chi connectivity index (χ0v) is 11.4. The number of benzene rings is 1. The van der Waals surface area contributed by atoms with Gasteiger partial charge in [0.15, 0.2) is 0 Å². The second-order valence-corrected chi connectivity index (χ2v) is 5.75. The van der Waals surface area contributed by atoms with E-state index in [0.717, 1.165) is 35.2 Å². The Kier molecular flexibility index (Phi) is 3.52. The molecule has 0 aliphatic heterocycles. The second-order valence-electron chi connectivity index (χ2n) is 5.75. The largest absolute Gasteiger partial charge is 0.388 e. The molecule has 100 valence electrons. The van der Waals surface area contributed by atoms with Gasteiger partial charge in [0.2, 0.25) is 0 Å². The Morgan fingerprint density at radius 1 is 1.32 bits per heavy atom. The minimum absolute atomic E-state index is 0.331. The standard InChI is InChI=1S/C17H21NO/c1-2-12-5-6-14(10-12)17(19)15-8-7-13-4-3-9-18-16(13)11-15/h3-4,7-9,11-12,14,17,19H,2,5-6,10H2,1H3. The molecular weight excluding hydrogens is 234 g/mol. The maximum Gasteiger partial charge on any atom is 0.0819 e. The van der Waals surface area contributed by atoms with Gasteiger partial charge < -0.3 is 5.11 Å². The first kappa shape index (κ1) is 12.6. The summed E-state index contributed by atoms with van der Waals surface area (Å²) in [6, 6.07) is 10.2. The molecule has 2 nitrogen and oxygen atoms in total. The maximum atomic E-state index is 10.6. The third-order valence-electron chi connectivity index (χ3n) is 4.58. The number of hydrogen-bond acceptors (Lipinski definition) is 2. The molecule has 2 aromatic rings. The molecule has 0 bridgehead atoms. The van der Waals surface area contributed by atoms with Gasteiger partial charge >= 0.3 is 0 Å². The van der Waals surface area contributed by atoms with Crippen LogP contribution in [0.1, 0.15) is 44.3 Å². The van der Waals surface area contributed by atoms with Crippen molar-refractivity contribution < 1.29 is 5.11 Å². The van der Waals surface area contributed by atoms with Gasteiger partial charge in [0.05, 0.1) is 11.6 Å². The first-order valence-corrected chi connectivity index (χ1v) is 7.30. The number of aliphatic hydroxyl groups excluding tert-OH is 1. The van der Waals surface area contributed by atoms with E-state index in [4.69, 9.17) is 0 Å². The molecule has 1 aliphatic rings. The zero-order valence-electron chi connectivity index (χ0n) is 11.4. The minimum Gasteiger partial charge on any atom is -0.388 e. The van der Waals surface area contributed by atoms with Crippen LogP contribution in [0, 0.1) is 11.8 Å². The number of aliphatic hydroxyl groups is 1. The number of aromatic nitrogens is 1. The smallest absolute Gasteiger partial charge is 0.0819 e. The quantitative estimate of drug-likeness (QED) is 0.896. The summed E-state index contributed by atoms with van der Waals surface area (Å²) < 4.78 is 0. The Labute approximate surface area is 114 Å². The summed E-state index contributed by atoms with van der Waals surface area (Å²) >= 11 is 0. The van der Waals surface area contributed by atoms with Crippen molar-refractivity contribution in [3.63, 3.8) is 0 Å². The third-order valence-corrected chi connectivity index (χ3v) is 4.58. The summed E-state index contributed by atoms with van der Waals surface area (Å²) in [6.45, 7) is 2.25. The number of hydrogen-bond donors (Lipinski definition) is 1. The lowest BCUT2D eigenvalue weighted by atomic mass is 9.92. The molecule has 1 heterocycles. The molecule has 1 N–H and O–H groups in total. The molecule has 0 radical (unpaired) electrons. The van der Waals surface area contributed by atoms with Crippen LogP contribution in [-0.4, -0.2) is 10.1 Å². The van der Waals surface area contributed by atoms with E-state index < -0.39 is 0 Å². The molecule has 19 heavy (non-hydrogen) atoms. The molecule has 3 rings (SSSR count). The Morgan fingerprint density at radius 2 is 2.21 bits per heavy atom. The van der Waals surface area contributed by atoms with Crippen molar-refractivity contribution in [1.29, 1.82) is 0 Å². The van der Waals surface area contributed by atoms with E-state index in [1.807, 2.05) is 18.2 Å². The highest BCUT2D eigenvalue weighted by molar-refractivity contribution is 5.78. The van der Waals surface area contributed by atoms with Crippen LogP contribution in [0.25, 0.3) is 10.9 Å². The monoisotopic (exact) mass is 255 g/mol. The summed E-state index contributed by atoms with van der Waals surface area (Å²) in [5, 5.41) is 11.7. The summed E-state index contributed by atoms with van der Waals surface area (Å²) in [7, 11) is 0. The maximum absolute atomic E-state index is 10.6. The van der Waals surface area contributed by atoms with Crippen LogP contribution < -0.4 is 0 Å². The van der Waals surface area contributed by atoms with Crippen molar-refractivity contribution in [3.8, 4) is 0 Å². The van der Waals surface area contributed by atoms with Gasteiger partial charge in [0.1, 0.15) is 0 Å². The van der Waals surface area contributed by atoms with Crippen molar-refractivity contribution in [2.45, 2.75) is 38.7 Å². The number of nitrogens with zero attached hydrogens (tertiary/aromatic N) is 1. The fourth-order valence-corrected chi connectivity index (χ4v) is 3.31. The van der Waals surface area contributed by atoms with Crippen LogP contribution in [0.2, 0.25) is 0 Å². The summed E-state index contributed by atoms with van der Waals surface area (Å²) in [5.41, 5.74) is 2.00. The fourth-order valence-electron chi connectivity index (χ4n) is 3.31. The van der Waals surface area contributed by atoms with Crippen molar-refractivity contribution in [2.75, 3.05) is 0 Å². The Bertz CT molecular complexity index is 566. The first-order valence-electron chi connectivity index (χ1n) is 7.30. The van der Waals surface area contributed by atoms with Crippen LogP contribution in [-0.2, 0) is 0 Å². The number of pyridine rings is 1. The van der Waals surface area contributed by atoms with E-state index in [9.17, 15) is 5.11 Å². The van der Waals surface area contributed by atoms with Gasteiger partial charge in [0.25, 0.3) is 0 Å². The second kappa shape index (κ2) is 5.30. The molecule has 1 fully saturated rings. The molecule has 1 saturated carbocycles. The van der Waals surface area contributed by atoms with Gasteiger partial charge in [-0.25, -0.2) is 0 Å². The molecule has 1 aromatic carbocycles. The number of rotatable bonds is 3. The lowest BCUT2D eigenvalue weighted by Crippen LogP contribution is -2.09. The van der Waals surface area contributed by atoms with E-state index in [1.165, 1.54) is 12.8 Å². The normalized spacial score (nSPS) is 24.7. The minimum atomic E-state index is -0.331. The molecular formula is C17H21NO. The SMILES string of the molecule is CCC1CCC(C(O)c2ccc3cccnc3c2)C1. The molecule has 3 unspecified atom stereocenters. The summed E-state index contributed by atoms with van der Waals surface area (Å²) in [5.74, 6) is 1.23. The first-order chi connectivity index (χ1) is 9.28. The predicted octanol–water partition coefficient (Wildman–Crippen LogP) is 4.09. The molecule has 0 spiro atoms. The van der Waals surface area contributed by atoms with Gasteiger partial charge in [-0.15, -0.1) is 0 Å². The molecule has 2 heteroatoms. The lowest BCUT2D eigenvalue weighted by molar-refractivity contribution is 0.109. The Balaban J connectivity index is 1.83. The van der Waals surface area contributed by atoms with Crippen LogP contribution in [0.3, 0.4) is 0 Å². The zero-order chi connectivity index (χ0) is 13.2. The van der Waals surface area contributed by atoms with E-state index >= 15 is 0 Å². The van der Waals surface area contributed by atoms with Crippen LogP contribution in [0.5, 0.6) is 0 Å². The van der Waals surface area contributed by atoms with Crippen LogP contribution >= 0.6 is 0 Å². The highest BCUT2D eigenvalue weighted by atomic mass is 16.3. The van der Waals surface area contributed by atoms with Crippen LogP contribution in [0.4, 0.5) is 0 Å². The van der Waals surface area contributed by atoms with E-state index in [2.05, 4.69) is 24.0 Å². The van der Waals surface area contributed by atoms with Crippen molar-refractivity contribution in [1.82, 2.24) is 4.98 Å². The van der Waals surface area contributed by atoms with Gasteiger partial charge in [-0.2, -0.15) is 0 Å².